The first-order valence-electron chi connectivity index (χ1n) is 6.97. The van der Waals surface area contributed by atoms with Gasteiger partial charge in [0.25, 0.3) is 0 Å². The molecule has 7 heteroatoms. The number of nitrogens with one attached hydrogen (secondary N) is 1. The molecule has 1 atom stereocenters. The Morgan fingerprint density at radius 2 is 1.67 bits per heavy atom. The van der Waals surface area contributed by atoms with E-state index in [4.69, 9.17) is 33.3 Å². The van der Waals surface area contributed by atoms with E-state index in [1.807, 2.05) is 0 Å². The summed E-state index contributed by atoms with van der Waals surface area (Å²) in [5, 5.41) is 13.2. The first-order chi connectivity index (χ1) is 11.5. The lowest BCUT2D eigenvalue weighted by atomic mass is 10.1. The first kappa shape index (κ1) is 18.2. The molecule has 0 unspecified atom stereocenters. The molecule has 0 saturated carbocycles. The van der Waals surface area contributed by atoms with E-state index in [9.17, 15) is 9.90 Å². The van der Waals surface area contributed by atoms with Crippen LogP contribution in [0.25, 0.3) is 0 Å². The van der Waals surface area contributed by atoms with Crippen LogP contribution in [-0.2, 0) is 0 Å². The highest BCUT2D eigenvalue weighted by Crippen LogP contribution is 2.27. The maximum atomic E-state index is 12.2. The van der Waals surface area contributed by atoms with E-state index < -0.39 is 12.0 Å². The Bertz CT molecular complexity index is 749. The second kappa shape index (κ2) is 8.10. The second-order valence-corrected chi connectivity index (χ2v) is 5.66. The highest BCUT2D eigenvalue weighted by molar-refractivity contribution is 7.80. The standard InChI is InChI=1S/C17H16ClNO4S/c1-22-13-8-5-11(9-14(13)23-2)17(24)19-16(21)15(20)10-3-6-12(18)7-4-10/h3-9,16,21H,1-2H3,(H,19,24)/t16-/m1/s1. The van der Waals surface area contributed by atoms with E-state index in [0.717, 1.165) is 0 Å². The topological polar surface area (TPSA) is 67.8 Å². The van der Waals surface area contributed by atoms with Crippen LogP contribution < -0.4 is 14.8 Å². The molecule has 0 heterocycles. The number of ketones is 1. The lowest BCUT2D eigenvalue weighted by Crippen LogP contribution is -2.40. The lowest BCUT2D eigenvalue weighted by molar-refractivity contribution is 0.0721. The first-order valence-corrected chi connectivity index (χ1v) is 7.75. The molecule has 2 rings (SSSR count). The number of halogens is 1. The molecule has 2 N–H and O–H groups in total. The van der Waals surface area contributed by atoms with E-state index in [2.05, 4.69) is 5.32 Å². The molecule has 24 heavy (non-hydrogen) atoms. The summed E-state index contributed by atoms with van der Waals surface area (Å²) in [4.78, 5) is 12.4. The molecule has 2 aromatic rings. The summed E-state index contributed by atoms with van der Waals surface area (Å²) in [6, 6.07) is 11.3. The number of carbonyl (C=O) groups is 1. The smallest absolute Gasteiger partial charge is 0.211 e. The average Bonchev–Trinajstić information content (AvgIpc) is 2.60. The van der Waals surface area contributed by atoms with Crippen molar-refractivity contribution in [2.75, 3.05) is 14.2 Å². The van der Waals surface area contributed by atoms with Gasteiger partial charge in [-0.3, -0.25) is 4.79 Å². The third kappa shape index (κ3) is 4.23. The van der Waals surface area contributed by atoms with Crippen molar-refractivity contribution in [3.63, 3.8) is 0 Å². The van der Waals surface area contributed by atoms with Gasteiger partial charge in [-0.2, -0.15) is 0 Å². The molecule has 0 bridgehead atoms. The molecule has 0 amide bonds. The minimum Gasteiger partial charge on any atom is -0.493 e. The predicted octanol–water partition coefficient (Wildman–Crippen LogP) is 2.82. The van der Waals surface area contributed by atoms with E-state index in [1.54, 1.807) is 30.3 Å². The fourth-order valence-corrected chi connectivity index (χ4v) is 2.39. The molecule has 0 saturated heterocycles. The Kier molecular flexibility index (Phi) is 6.14. The fraction of sp³-hybridized carbons (Fsp3) is 0.176. The highest BCUT2D eigenvalue weighted by Gasteiger charge is 2.19. The second-order valence-electron chi connectivity index (χ2n) is 4.82. The number of thiocarbonyl (C=S) groups is 1. The average molecular weight is 366 g/mol. The number of carbonyl (C=O) groups excluding carboxylic acids is 1. The SMILES string of the molecule is COc1ccc(C(=S)N[C@H](O)C(=O)c2ccc(Cl)cc2)cc1OC. The van der Waals surface area contributed by atoms with Gasteiger partial charge in [0.2, 0.25) is 5.78 Å². The summed E-state index contributed by atoms with van der Waals surface area (Å²) >= 11 is 11.0. The molecule has 0 aromatic heterocycles. The number of aliphatic hydroxyl groups is 1. The minimum atomic E-state index is -1.47. The molecule has 5 nitrogen and oxygen atoms in total. The van der Waals surface area contributed by atoms with Gasteiger partial charge in [0, 0.05) is 16.1 Å². The van der Waals surface area contributed by atoms with Crippen LogP contribution >= 0.6 is 23.8 Å². The predicted molar refractivity (Wildman–Crippen MR) is 96.2 cm³/mol. The summed E-state index contributed by atoms with van der Waals surface area (Å²) < 4.78 is 10.4. The van der Waals surface area contributed by atoms with Gasteiger partial charge in [0.05, 0.1) is 14.2 Å². The highest BCUT2D eigenvalue weighted by atomic mass is 35.5. The van der Waals surface area contributed by atoms with Gasteiger partial charge in [0.1, 0.15) is 4.99 Å². The lowest BCUT2D eigenvalue weighted by Gasteiger charge is -2.15. The Balaban J connectivity index is 2.11. The number of methoxy groups -OCH3 is 2. The molecular weight excluding hydrogens is 350 g/mol. The molecule has 126 valence electrons. The minimum absolute atomic E-state index is 0.214. The third-order valence-corrected chi connectivity index (χ3v) is 3.90. The summed E-state index contributed by atoms with van der Waals surface area (Å²) in [7, 11) is 3.04. The van der Waals surface area contributed by atoms with Crippen molar-refractivity contribution in [3.8, 4) is 11.5 Å². The third-order valence-electron chi connectivity index (χ3n) is 3.29. The largest absolute Gasteiger partial charge is 0.493 e. The van der Waals surface area contributed by atoms with Crippen LogP contribution in [0, 0.1) is 0 Å². The van der Waals surface area contributed by atoms with Gasteiger partial charge in [-0.25, -0.2) is 0 Å². The Morgan fingerprint density at radius 3 is 2.25 bits per heavy atom. The monoisotopic (exact) mass is 365 g/mol. The number of hydrogen-bond acceptors (Lipinski definition) is 5. The van der Waals surface area contributed by atoms with Gasteiger partial charge in [-0.05, 0) is 42.5 Å². The zero-order chi connectivity index (χ0) is 17.7. The number of rotatable bonds is 6. The zero-order valence-corrected chi connectivity index (χ0v) is 14.6. The zero-order valence-electron chi connectivity index (χ0n) is 13.1. The van der Waals surface area contributed by atoms with Crippen molar-refractivity contribution in [1.29, 1.82) is 0 Å². The maximum Gasteiger partial charge on any atom is 0.211 e. The van der Waals surface area contributed by atoms with Crippen molar-refractivity contribution in [2.24, 2.45) is 0 Å². The van der Waals surface area contributed by atoms with Crippen LogP contribution in [0.15, 0.2) is 42.5 Å². The Morgan fingerprint density at radius 1 is 1.08 bits per heavy atom. The van der Waals surface area contributed by atoms with Crippen molar-refractivity contribution in [2.45, 2.75) is 6.23 Å². The molecular formula is C17H16ClNO4S. The molecule has 0 spiro atoms. The van der Waals surface area contributed by atoms with Crippen LogP contribution in [0.4, 0.5) is 0 Å². The number of aliphatic hydroxyl groups excluding tert-OH is 1. The molecule has 0 aliphatic carbocycles. The number of Topliss-reactive ketones (excluding diaryl/α,β-unsaturated/α-hetero) is 1. The quantitative estimate of drug-likeness (QED) is 0.466. The molecule has 0 fully saturated rings. The van der Waals surface area contributed by atoms with Crippen LogP contribution in [-0.4, -0.2) is 36.3 Å². The number of benzene rings is 2. The van der Waals surface area contributed by atoms with Gasteiger partial charge >= 0.3 is 0 Å². The summed E-state index contributed by atoms with van der Waals surface area (Å²) in [5.41, 5.74) is 0.917. The van der Waals surface area contributed by atoms with Gasteiger partial charge in [-0.1, -0.05) is 23.8 Å². The van der Waals surface area contributed by atoms with Gasteiger partial charge in [0.15, 0.2) is 17.7 Å². The van der Waals surface area contributed by atoms with Crippen molar-refractivity contribution in [1.82, 2.24) is 5.32 Å². The summed E-state index contributed by atoms with van der Waals surface area (Å²) in [6.45, 7) is 0. The van der Waals surface area contributed by atoms with E-state index in [1.165, 1.54) is 26.4 Å². The Labute approximate surface area is 150 Å². The van der Waals surface area contributed by atoms with Crippen LogP contribution in [0.2, 0.25) is 5.02 Å². The van der Waals surface area contributed by atoms with Crippen molar-refractivity contribution >= 4 is 34.6 Å². The maximum absolute atomic E-state index is 12.2. The fourth-order valence-electron chi connectivity index (χ4n) is 2.02. The molecule has 0 aliphatic heterocycles. The van der Waals surface area contributed by atoms with E-state index >= 15 is 0 Å². The van der Waals surface area contributed by atoms with Crippen LogP contribution in [0.1, 0.15) is 15.9 Å². The van der Waals surface area contributed by atoms with Crippen LogP contribution in [0.5, 0.6) is 11.5 Å². The Hall–Kier alpha value is -2.15. The van der Waals surface area contributed by atoms with Gasteiger partial charge in [-0.15, -0.1) is 0 Å². The van der Waals surface area contributed by atoms with Crippen molar-refractivity contribution < 1.29 is 19.4 Å². The van der Waals surface area contributed by atoms with Gasteiger partial charge < -0.3 is 19.9 Å². The van der Waals surface area contributed by atoms with E-state index in [0.29, 0.717) is 27.6 Å². The normalized spacial score (nSPS) is 11.5. The van der Waals surface area contributed by atoms with Crippen LogP contribution in [0.3, 0.4) is 0 Å². The molecule has 0 aliphatic rings. The molecule has 0 radical (unpaired) electrons. The number of hydrogen-bond donors (Lipinski definition) is 2. The van der Waals surface area contributed by atoms with Crippen molar-refractivity contribution in [3.05, 3.63) is 58.6 Å². The van der Waals surface area contributed by atoms with E-state index in [-0.39, 0.29) is 4.99 Å². The summed E-state index contributed by atoms with van der Waals surface area (Å²) in [6.07, 6.45) is -1.47. The summed E-state index contributed by atoms with van der Waals surface area (Å²) in [5.74, 6) is 0.550. The molecule has 2 aromatic carbocycles. The number of ether oxygens (including phenoxy) is 2.